The maximum absolute atomic E-state index is 13.1. The second kappa shape index (κ2) is 8.64. The molecule has 2 rings (SSSR count). The van der Waals surface area contributed by atoms with Crippen molar-refractivity contribution in [2.24, 2.45) is 0 Å². The third kappa shape index (κ3) is 5.58. The maximum Gasteiger partial charge on any atom is 0.276 e. The number of hydrazine groups is 1. The number of halogens is 2. The average molecular weight is 382 g/mol. The highest BCUT2D eigenvalue weighted by Crippen LogP contribution is 2.22. The monoisotopic (exact) mass is 381 g/mol. The predicted molar refractivity (Wildman–Crippen MR) is 100 cm³/mol. The van der Waals surface area contributed by atoms with Crippen molar-refractivity contribution in [1.29, 1.82) is 0 Å². The fraction of sp³-hybridized carbons (Fsp3) is 0.176. The number of carbonyl (C=O) groups excluding carboxylic acids is 1. The molecule has 0 aliphatic rings. The Kier molecular flexibility index (Phi) is 6.55. The van der Waals surface area contributed by atoms with E-state index < -0.39 is 11.7 Å². The molecule has 2 aromatic carbocycles. The Morgan fingerprint density at radius 2 is 1.88 bits per heavy atom. The molecule has 0 atom stereocenters. The van der Waals surface area contributed by atoms with E-state index in [-0.39, 0.29) is 16.7 Å². The van der Waals surface area contributed by atoms with Crippen molar-refractivity contribution in [1.82, 2.24) is 10.9 Å². The van der Waals surface area contributed by atoms with Crippen molar-refractivity contribution in [3.05, 3.63) is 58.4 Å². The molecule has 0 saturated carbocycles. The molecule has 8 heteroatoms. The second-order valence-corrected chi connectivity index (χ2v) is 6.08. The summed E-state index contributed by atoms with van der Waals surface area (Å²) in [6.07, 6.45) is 0. The first-order valence-electron chi connectivity index (χ1n) is 7.36. The van der Waals surface area contributed by atoms with Crippen LogP contribution in [0.25, 0.3) is 0 Å². The van der Waals surface area contributed by atoms with Gasteiger partial charge in [-0.1, -0.05) is 29.8 Å². The topological polar surface area (TPSA) is 62.4 Å². The zero-order valence-electron chi connectivity index (χ0n) is 13.7. The summed E-state index contributed by atoms with van der Waals surface area (Å²) in [6, 6.07) is 9.81. The number of rotatable bonds is 4. The number of benzene rings is 2. The quantitative estimate of drug-likeness (QED) is 0.559. The summed E-state index contributed by atoms with van der Waals surface area (Å²) in [4.78, 5) is 11.8. The Labute approximate surface area is 155 Å². The zero-order chi connectivity index (χ0) is 18.4. The van der Waals surface area contributed by atoms with E-state index in [1.807, 2.05) is 32.0 Å². The van der Waals surface area contributed by atoms with Gasteiger partial charge in [0.05, 0.1) is 5.02 Å². The molecule has 0 radical (unpaired) electrons. The Morgan fingerprint density at radius 1 is 1.20 bits per heavy atom. The van der Waals surface area contributed by atoms with Crippen molar-refractivity contribution in [2.75, 3.05) is 11.9 Å². The van der Waals surface area contributed by atoms with Gasteiger partial charge in [0.15, 0.2) is 11.7 Å². The first-order valence-corrected chi connectivity index (χ1v) is 8.15. The molecule has 0 aromatic heterocycles. The highest BCUT2D eigenvalue weighted by molar-refractivity contribution is 7.80. The van der Waals surface area contributed by atoms with E-state index in [0.717, 1.165) is 11.1 Å². The highest BCUT2D eigenvalue weighted by Gasteiger charge is 2.08. The van der Waals surface area contributed by atoms with Crippen molar-refractivity contribution in [3.63, 3.8) is 0 Å². The number of nitrogens with one attached hydrogen (secondary N) is 3. The average Bonchev–Trinajstić information content (AvgIpc) is 2.56. The summed E-state index contributed by atoms with van der Waals surface area (Å²) in [5, 5.41) is 2.87. The minimum Gasteiger partial charge on any atom is -0.483 e. The van der Waals surface area contributed by atoms with Crippen LogP contribution in [0, 0.1) is 19.7 Å². The number of hydrogen-bond donors (Lipinski definition) is 3. The van der Waals surface area contributed by atoms with Gasteiger partial charge < -0.3 is 10.1 Å². The van der Waals surface area contributed by atoms with Crippen LogP contribution in [0.2, 0.25) is 5.02 Å². The van der Waals surface area contributed by atoms with Crippen LogP contribution >= 0.6 is 23.8 Å². The first kappa shape index (κ1) is 19.0. The normalized spacial score (nSPS) is 10.1. The third-order valence-corrected chi connectivity index (χ3v) is 3.74. The van der Waals surface area contributed by atoms with Gasteiger partial charge >= 0.3 is 0 Å². The molecule has 0 heterocycles. The lowest BCUT2D eigenvalue weighted by Crippen LogP contribution is -2.45. The molecule has 5 nitrogen and oxygen atoms in total. The van der Waals surface area contributed by atoms with Gasteiger partial charge in [-0.25, -0.2) is 4.39 Å². The molecular formula is C17H17ClFN3O2S. The smallest absolute Gasteiger partial charge is 0.276 e. The third-order valence-electron chi connectivity index (χ3n) is 3.25. The number of amides is 1. The van der Waals surface area contributed by atoms with Gasteiger partial charge in [-0.3, -0.25) is 15.6 Å². The molecule has 2 aromatic rings. The number of anilines is 1. The summed E-state index contributed by atoms with van der Waals surface area (Å²) >= 11 is 10.7. The molecule has 132 valence electrons. The standard InChI is InChI=1S/C17H17ClFN3O2S/c1-10-4-3-5-11(2)16(10)24-9-15(23)21-22-17(25)20-12-6-7-14(19)13(18)8-12/h3-8H,9H2,1-2H3,(H,21,23)(H2,20,22,25). The summed E-state index contributed by atoms with van der Waals surface area (Å²) in [7, 11) is 0. The molecule has 0 fully saturated rings. The van der Waals surface area contributed by atoms with Crippen LogP contribution < -0.4 is 20.9 Å². The van der Waals surface area contributed by atoms with Crippen LogP contribution in [0.3, 0.4) is 0 Å². The minimum atomic E-state index is -0.525. The molecule has 3 N–H and O–H groups in total. The SMILES string of the molecule is Cc1cccc(C)c1OCC(=O)NNC(=S)Nc1ccc(F)c(Cl)c1. The van der Waals surface area contributed by atoms with Gasteiger partial charge in [-0.2, -0.15) is 0 Å². The Morgan fingerprint density at radius 3 is 2.52 bits per heavy atom. The van der Waals surface area contributed by atoms with Crippen LogP contribution in [0.5, 0.6) is 5.75 Å². The number of hydrogen-bond acceptors (Lipinski definition) is 3. The molecule has 0 unspecified atom stereocenters. The lowest BCUT2D eigenvalue weighted by atomic mass is 10.1. The lowest BCUT2D eigenvalue weighted by Gasteiger charge is -2.14. The Hall–Kier alpha value is -2.38. The van der Waals surface area contributed by atoms with Crippen LogP contribution in [-0.4, -0.2) is 17.6 Å². The predicted octanol–water partition coefficient (Wildman–Crippen LogP) is 3.49. The number of aryl methyl sites for hydroxylation is 2. The minimum absolute atomic E-state index is 0.0289. The van der Waals surface area contributed by atoms with Gasteiger partial charge in [-0.15, -0.1) is 0 Å². The fourth-order valence-electron chi connectivity index (χ4n) is 2.06. The van der Waals surface area contributed by atoms with E-state index >= 15 is 0 Å². The van der Waals surface area contributed by atoms with Gasteiger partial charge in [0.2, 0.25) is 0 Å². The van der Waals surface area contributed by atoms with Gasteiger partial charge in [-0.05, 0) is 55.4 Å². The molecule has 0 saturated heterocycles. The van der Waals surface area contributed by atoms with E-state index in [9.17, 15) is 9.18 Å². The Bertz CT molecular complexity index is 781. The highest BCUT2D eigenvalue weighted by atomic mass is 35.5. The largest absolute Gasteiger partial charge is 0.483 e. The molecule has 1 amide bonds. The van der Waals surface area contributed by atoms with Crippen LogP contribution in [0.4, 0.5) is 10.1 Å². The summed E-state index contributed by atoms with van der Waals surface area (Å²) in [5.41, 5.74) is 7.34. The van der Waals surface area contributed by atoms with E-state index in [0.29, 0.717) is 11.4 Å². The summed E-state index contributed by atoms with van der Waals surface area (Å²) in [5.74, 6) is -0.244. The number of para-hydroxylation sites is 1. The van der Waals surface area contributed by atoms with Gasteiger partial charge in [0, 0.05) is 5.69 Å². The maximum atomic E-state index is 13.1. The molecule has 25 heavy (non-hydrogen) atoms. The number of ether oxygens (including phenoxy) is 1. The van der Waals surface area contributed by atoms with E-state index in [2.05, 4.69) is 16.2 Å². The van der Waals surface area contributed by atoms with E-state index in [1.54, 1.807) is 0 Å². The second-order valence-electron chi connectivity index (χ2n) is 5.27. The van der Waals surface area contributed by atoms with Gasteiger partial charge in [0.1, 0.15) is 11.6 Å². The van der Waals surface area contributed by atoms with Crippen molar-refractivity contribution >= 4 is 40.5 Å². The zero-order valence-corrected chi connectivity index (χ0v) is 15.2. The van der Waals surface area contributed by atoms with E-state index in [4.69, 9.17) is 28.6 Å². The van der Waals surface area contributed by atoms with Crippen LogP contribution in [0.1, 0.15) is 11.1 Å². The fourth-order valence-corrected chi connectivity index (χ4v) is 2.41. The molecule has 0 spiro atoms. The summed E-state index contributed by atoms with van der Waals surface area (Å²) < 4.78 is 18.6. The van der Waals surface area contributed by atoms with Crippen molar-refractivity contribution in [3.8, 4) is 5.75 Å². The number of carbonyl (C=O) groups is 1. The molecule has 0 aliphatic carbocycles. The van der Waals surface area contributed by atoms with Gasteiger partial charge in [0.25, 0.3) is 5.91 Å². The van der Waals surface area contributed by atoms with Crippen LogP contribution in [-0.2, 0) is 4.79 Å². The number of thiocarbonyl (C=S) groups is 1. The molecule has 0 aliphatic heterocycles. The molecular weight excluding hydrogens is 365 g/mol. The lowest BCUT2D eigenvalue weighted by molar-refractivity contribution is -0.123. The van der Waals surface area contributed by atoms with Crippen molar-refractivity contribution < 1.29 is 13.9 Å². The first-order chi connectivity index (χ1) is 11.9. The van der Waals surface area contributed by atoms with E-state index in [1.165, 1.54) is 18.2 Å². The van der Waals surface area contributed by atoms with Crippen LogP contribution in [0.15, 0.2) is 36.4 Å². The summed E-state index contributed by atoms with van der Waals surface area (Å²) in [6.45, 7) is 3.65. The Balaban J connectivity index is 1.79. The van der Waals surface area contributed by atoms with Crippen molar-refractivity contribution in [2.45, 2.75) is 13.8 Å². The molecule has 0 bridgehead atoms.